The van der Waals surface area contributed by atoms with Gasteiger partial charge in [0.2, 0.25) is 5.91 Å². The van der Waals surface area contributed by atoms with Gasteiger partial charge in [-0.2, -0.15) is 9.61 Å². The lowest BCUT2D eigenvalue weighted by Gasteiger charge is -2.07. The molecule has 0 aliphatic carbocycles. The molecule has 1 N–H and O–H groups in total. The van der Waals surface area contributed by atoms with Crippen LogP contribution in [0.3, 0.4) is 0 Å². The standard InChI is InChI=1S/C20H18N6O/c1-2-4-19(27)22-16-6-3-5-15(13-16)17-7-8-18-23-24-20(26(18)25-17)14-9-11-21-12-10-14/h3,5-13H,2,4H2,1H3,(H,22,27). The minimum absolute atomic E-state index is 0.0110. The Morgan fingerprint density at radius 1 is 1.04 bits per heavy atom. The molecular weight excluding hydrogens is 340 g/mol. The van der Waals surface area contributed by atoms with Crippen LogP contribution in [0, 0.1) is 0 Å². The summed E-state index contributed by atoms with van der Waals surface area (Å²) in [5, 5.41) is 16.0. The zero-order valence-electron chi connectivity index (χ0n) is 14.8. The van der Waals surface area contributed by atoms with Crippen molar-refractivity contribution < 1.29 is 4.79 Å². The summed E-state index contributed by atoms with van der Waals surface area (Å²) in [6, 6.07) is 15.2. The first-order valence-electron chi connectivity index (χ1n) is 8.78. The predicted octanol–water partition coefficient (Wildman–Crippen LogP) is 3.59. The Morgan fingerprint density at radius 3 is 2.70 bits per heavy atom. The highest BCUT2D eigenvalue weighted by Gasteiger charge is 2.11. The molecule has 0 aliphatic rings. The van der Waals surface area contributed by atoms with Crippen LogP contribution in [-0.4, -0.2) is 30.7 Å². The van der Waals surface area contributed by atoms with E-state index in [4.69, 9.17) is 5.10 Å². The van der Waals surface area contributed by atoms with Gasteiger partial charge >= 0.3 is 0 Å². The SMILES string of the molecule is CCCC(=O)Nc1cccc(-c2ccc3nnc(-c4ccncc4)n3n2)c1. The number of rotatable bonds is 5. The van der Waals surface area contributed by atoms with Crippen molar-refractivity contribution in [1.82, 2.24) is 24.8 Å². The summed E-state index contributed by atoms with van der Waals surface area (Å²) in [4.78, 5) is 15.9. The van der Waals surface area contributed by atoms with Crippen molar-refractivity contribution in [2.24, 2.45) is 0 Å². The van der Waals surface area contributed by atoms with E-state index >= 15 is 0 Å². The van der Waals surface area contributed by atoms with Crippen molar-refractivity contribution in [2.45, 2.75) is 19.8 Å². The first kappa shape index (κ1) is 16.8. The number of amides is 1. The second-order valence-corrected chi connectivity index (χ2v) is 6.13. The van der Waals surface area contributed by atoms with E-state index in [2.05, 4.69) is 20.5 Å². The molecule has 27 heavy (non-hydrogen) atoms. The van der Waals surface area contributed by atoms with Gasteiger partial charge < -0.3 is 5.32 Å². The first-order chi connectivity index (χ1) is 13.2. The summed E-state index contributed by atoms with van der Waals surface area (Å²) in [5.41, 5.74) is 3.98. The number of aromatic nitrogens is 5. The van der Waals surface area contributed by atoms with Gasteiger partial charge in [0.05, 0.1) is 5.69 Å². The number of anilines is 1. The average Bonchev–Trinajstić information content (AvgIpc) is 3.12. The lowest BCUT2D eigenvalue weighted by atomic mass is 10.1. The summed E-state index contributed by atoms with van der Waals surface area (Å²) >= 11 is 0. The lowest BCUT2D eigenvalue weighted by Crippen LogP contribution is -2.10. The Balaban J connectivity index is 1.71. The molecule has 1 aromatic carbocycles. The Morgan fingerprint density at radius 2 is 1.89 bits per heavy atom. The van der Waals surface area contributed by atoms with Crippen molar-refractivity contribution in [3.05, 3.63) is 60.9 Å². The molecule has 7 nitrogen and oxygen atoms in total. The Hall–Kier alpha value is -3.61. The molecule has 1 amide bonds. The van der Waals surface area contributed by atoms with Gasteiger partial charge in [0.15, 0.2) is 11.5 Å². The van der Waals surface area contributed by atoms with Crippen LogP contribution in [0.5, 0.6) is 0 Å². The van der Waals surface area contributed by atoms with Gasteiger partial charge in [-0.1, -0.05) is 19.1 Å². The number of carbonyl (C=O) groups is 1. The fraction of sp³-hybridized carbons (Fsp3) is 0.150. The lowest BCUT2D eigenvalue weighted by molar-refractivity contribution is -0.116. The molecule has 3 heterocycles. The highest BCUT2D eigenvalue weighted by atomic mass is 16.1. The van der Waals surface area contributed by atoms with Gasteiger partial charge in [0.1, 0.15) is 0 Å². The quantitative estimate of drug-likeness (QED) is 0.589. The molecule has 4 rings (SSSR count). The molecular formula is C20H18N6O. The monoisotopic (exact) mass is 358 g/mol. The third-order valence-electron chi connectivity index (χ3n) is 4.12. The first-order valence-corrected chi connectivity index (χ1v) is 8.78. The van der Waals surface area contributed by atoms with E-state index in [0.29, 0.717) is 17.9 Å². The molecule has 134 valence electrons. The van der Waals surface area contributed by atoms with Crippen LogP contribution in [0.25, 0.3) is 28.3 Å². The zero-order chi connectivity index (χ0) is 18.6. The number of carbonyl (C=O) groups excluding carboxylic acids is 1. The van der Waals surface area contributed by atoms with E-state index in [0.717, 1.165) is 28.9 Å². The van der Waals surface area contributed by atoms with E-state index in [1.54, 1.807) is 16.9 Å². The predicted molar refractivity (Wildman–Crippen MR) is 103 cm³/mol. The Kier molecular flexibility index (Phi) is 4.57. The van der Waals surface area contributed by atoms with Crippen LogP contribution in [0.2, 0.25) is 0 Å². The molecule has 4 aromatic rings. The van der Waals surface area contributed by atoms with Gasteiger partial charge in [-0.15, -0.1) is 10.2 Å². The van der Waals surface area contributed by atoms with Gasteiger partial charge in [0, 0.05) is 35.6 Å². The van der Waals surface area contributed by atoms with Crippen molar-refractivity contribution in [3.63, 3.8) is 0 Å². The molecule has 0 unspecified atom stereocenters. The molecule has 0 bridgehead atoms. The molecule has 0 spiro atoms. The number of nitrogens with one attached hydrogen (secondary N) is 1. The maximum atomic E-state index is 11.8. The molecule has 0 saturated heterocycles. The highest BCUT2D eigenvalue weighted by molar-refractivity contribution is 5.91. The summed E-state index contributed by atoms with van der Waals surface area (Å²) in [6.45, 7) is 1.98. The minimum Gasteiger partial charge on any atom is -0.326 e. The number of hydrogen-bond donors (Lipinski definition) is 1. The van der Waals surface area contributed by atoms with Crippen molar-refractivity contribution >= 4 is 17.2 Å². The van der Waals surface area contributed by atoms with E-state index in [-0.39, 0.29) is 5.91 Å². The van der Waals surface area contributed by atoms with E-state index in [9.17, 15) is 4.79 Å². The maximum absolute atomic E-state index is 11.8. The van der Waals surface area contributed by atoms with Crippen LogP contribution in [-0.2, 0) is 4.79 Å². The van der Waals surface area contributed by atoms with Crippen molar-refractivity contribution in [1.29, 1.82) is 0 Å². The summed E-state index contributed by atoms with van der Waals surface area (Å²) in [6.07, 6.45) is 4.74. The number of nitrogens with zero attached hydrogens (tertiary/aromatic N) is 5. The van der Waals surface area contributed by atoms with Gasteiger partial charge in [-0.25, -0.2) is 0 Å². The topological polar surface area (TPSA) is 85.1 Å². The fourth-order valence-electron chi connectivity index (χ4n) is 2.83. The van der Waals surface area contributed by atoms with Crippen LogP contribution in [0.1, 0.15) is 19.8 Å². The largest absolute Gasteiger partial charge is 0.326 e. The fourth-order valence-corrected chi connectivity index (χ4v) is 2.83. The van der Waals surface area contributed by atoms with Crippen LogP contribution in [0.15, 0.2) is 60.9 Å². The van der Waals surface area contributed by atoms with Crippen molar-refractivity contribution in [2.75, 3.05) is 5.32 Å². The minimum atomic E-state index is 0.0110. The molecule has 0 atom stereocenters. The van der Waals surface area contributed by atoms with E-state index in [1.807, 2.05) is 55.5 Å². The maximum Gasteiger partial charge on any atom is 0.224 e. The summed E-state index contributed by atoms with van der Waals surface area (Å²) < 4.78 is 1.72. The van der Waals surface area contributed by atoms with Crippen LogP contribution in [0.4, 0.5) is 5.69 Å². The molecule has 3 aromatic heterocycles. The third kappa shape index (κ3) is 3.52. The average molecular weight is 358 g/mol. The molecule has 0 saturated carbocycles. The van der Waals surface area contributed by atoms with Crippen molar-refractivity contribution in [3.8, 4) is 22.6 Å². The zero-order valence-corrected chi connectivity index (χ0v) is 14.8. The van der Waals surface area contributed by atoms with E-state index < -0.39 is 0 Å². The van der Waals surface area contributed by atoms with Crippen LogP contribution < -0.4 is 5.32 Å². The highest BCUT2D eigenvalue weighted by Crippen LogP contribution is 2.23. The van der Waals surface area contributed by atoms with Gasteiger partial charge in [-0.3, -0.25) is 9.78 Å². The van der Waals surface area contributed by atoms with Gasteiger partial charge in [0.25, 0.3) is 0 Å². The van der Waals surface area contributed by atoms with Gasteiger partial charge in [-0.05, 0) is 42.8 Å². The van der Waals surface area contributed by atoms with Crippen LogP contribution >= 0.6 is 0 Å². The molecule has 7 heteroatoms. The second-order valence-electron chi connectivity index (χ2n) is 6.13. The van der Waals surface area contributed by atoms with E-state index in [1.165, 1.54) is 0 Å². The molecule has 0 fully saturated rings. The number of fused-ring (bicyclic) bond motifs is 1. The number of pyridine rings is 1. The normalized spacial score (nSPS) is 10.9. The summed E-state index contributed by atoms with van der Waals surface area (Å²) in [5.74, 6) is 0.665. The molecule has 0 radical (unpaired) electrons. The smallest absolute Gasteiger partial charge is 0.224 e. The Bertz CT molecular complexity index is 1090. The number of hydrogen-bond acceptors (Lipinski definition) is 5. The summed E-state index contributed by atoms with van der Waals surface area (Å²) in [7, 11) is 0. The number of benzene rings is 1. The molecule has 0 aliphatic heterocycles. The third-order valence-corrected chi connectivity index (χ3v) is 4.12. The Labute approximate surface area is 156 Å². The second kappa shape index (κ2) is 7.33.